The fourth-order valence-electron chi connectivity index (χ4n) is 6.29. The van der Waals surface area contributed by atoms with Crippen molar-refractivity contribution in [3.63, 3.8) is 0 Å². The second-order valence-electron chi connectivity index (χ2n) is 13.8. The number of carbonyl (C=O) groups is 2. The molecule has 0 bridgehead atoms. The van der Waals surface area contributed by atoms with Gasteiger partial charge in [-0.2, -0.15) is 0 Å². The smallest absolute Gasteiger partial charge is 0.409 e. The fraction of sp³-hybridized carbons (Fsp3) is 0.682. The van der Waals surface area contributed by atoms with Gasteiger partial charge in [0.05, 0.1) is 92.5 Å². The lowest BCUT2D eigenvalue weighted by Gasteiger charge is -2.19. The summed E-state index contributed by atoms with van der Waals surface area (Å²) >= 11 is 0. The van der Waals surface area contributed by atoms with Crippen LogP contribution in [0.25, 0.3) is 11.1 Å². The number of hydrogen-bond donors (Lipinski definition) is 0. The maximum absolute atomic E-state index is 12.6. The molecule has 0 atom stereocenters. The van der Waals surface area contributed by atoms with Crippen molar-refractivity contribution in [3.8, 4) is 11.1 Å². The standard InChI is InChI=1S/C44H69NO11/c1-3-4-5-6-7-8-9-10-11-20-43(46)55-36-35-54-34-33-53-32-31-52-30-29-51-28-27-50-26-25-49-24-23-48-22-21-45(2)44(47)56-37-42-40-18-14-12-16-38(40)39-17-13-15-19-41(39)42/h12-19,42H,3-11,20-37H2,1-2H3. The quantitative estimate of drug-likeness (QED) is 0.0506. The van der Waals surface area contributed by atoms with Crippen molar-refractivity contribution in [1.82, 2.24) is 4.90 Å². The van der Waals surface area contributed by atoms with E-state index in [4.69, 9.17) is 42.6 Å². The lowest BCUT2D eigenvalue weighted by Crippen LogP contribution is -2.32. The average molecular weight is 788 g/mol. The van der Waals surface area contributed by atoms with Gasteiger partial charge in [0, 0.05) is 25.9 Å². The second-order valence-corrected chi connectivity index (χ2v) is 13.8. The van der Waals surface area contributed by atoms with Crippen LogP contribution in [-0.4, -0.2) is 136 Å². The summed E-state index contributed by atoms with van der Waals surface area (Å²) in [5.41, 5.74) is 4.80. The Balaban J connectivity index is 0.978. The van der Waals surface area contributed by atoms with E-state index in [-0.39, 0.29) is 24.6 Å². The van der Waals surface area contributed by atoms with Crippen LogP contribution in [-0.2, 0) is 47.4 Å². The van der Waals surface area contributed by atoms with Gasteiger partial charge in [-0.3, -0.25) is 4.79 Å². The van der Waals surface area contributed by atoms with Crippen LogP contribution in [0.4, 0.5) is 4.79 Å². The molecule has 0 fully saturated rings. The van der Waals surface area contributed by atoms with Gasteiger partial charge in [0.2, 0.25) is 0 Å². The number of unbranched alkanes of at least 4 members (excludes halogenated alkanes) is 8. The van der Waals surface area contributed by atoms with Crippen molar-refractivity contribution in [1.29, 1.82) is 0 Å². The zero-order chi connectivity index (χ0) is 39.7. The van der Waals surface area contributed by atoms with Crippen LogP contribution in [0.1, 0.15) is 88.2 Å². The van der Waals surface area contributed by atoms with E-state index in [0.717, 1.165) is 12.8 Å². The summed E-state index contributed by atoms with van der Waals surface area (Å²) < 4.78 is 49.6. The van der Waals surface area contributed by atoms with Crippen LogP contribution in [0.2, 0.25) is 0 Å². The molecule has 3 rings (SSSR count). The highest BCUT2D eigenvalue weighted by Crippen LogP contribution is 2.44. The number of benzene rings is 2. The molecule has 0 radical (unpaired) electrons. The molecule has 0 N–H and O–H groups in total. The highest BCUT2D eigenvalue weighted by Gasteiger charge is 2.29. The number of likely N-dealkylation sites (N-methyl/N-ethyl adjacent to an activating group) is 1. The molecule has 0 heterocycles. The molecule has 0 aliphatic heterocycles. The van der Waals surface area contributed by atoms with E-state index in [1.165, 1.54) is 72.1 Å². The third kappa shape index (κ3) is 20.9. The number of rotatable bonds is 36. The van der Waals surface area contributed by atoms with E-state index in [1.54, 1.807) is 7.05 Å². The minimum absolute atomic E-state index is 0.0377. The Morgan fingerprint density at radius 3 is 1.36 bits per heavy atom. The molecule has 1 amide bonds. The van der Waals surface area contributed by atoms with E-state index in [2.05, 4.69) is 31.2 Å². The predicted molar refractivity (Wildman–Crippen MR) is 216 cm³/mol. The minimum atomic E-state index is -0.365. The summed E-state index contributed by atoms with van der Waals surface area (Å²) in [7, 11) is 1.71. The molecule has 0 saturated heterocycles. The zero-order valence-electron chi connectivity index (χ0n) is 34.2. The molecule has 12 nitrogen and oxygen atoms in total. The topological polar surface area (TPSA) is 120 Å². The summed E-state index contributed by atoms with van der Waals surface area (Å²) in [6.45, 7) is 9.59. The summed E-state index contributed by atoms with van der Waals surface area (Å²) in [6.07, 6.45) is 11.2. The van der Waals surface area contributed by atoms with Gasteiger partial charge >= 0.3 is 12.1 Å². The largest absolute Gasteiger partial charge is 0.463 e. The van der Waals surface area contributed by atoms with Crippen molar-refractivity contribution < 1.29 is 52.2 Å². The number of carbonyl (C=O) groups excluding carboxylic acids is 2. The third-order valence-corrected chi connectivity index (χ3v) is 9.43. The number of fused-ring (bicyclic) bond motifs is 3. The van der Waals surface area contributed by atoms with Gasteiger partial charge in [0.15, 0.2) is 0 Å². The average Bonchev–Trinajstić information content (AvgIpc) is 3.54. The molecule has 0 saturated carbocycles. The van der Waals surface area contributed by atoms with E-state index in [9.17, 15) is 9.59 Å². The predicted octanol–water partition coefficient (Wildman–Crippen LogP) is 7.45. The van der Waals surface area contributed by atoms with Crippen LogP contribution in [0.15, 0.2) is 48.5 Å². The Bertz CT molecular complexity index is 1250. The van der Waals surface area contributed by atoms with Crippen molar-refractivity contribution in [2.24, 2.45) is 0 Å². The monoisotopic (exact) mass is 787 g/mol. The summed E-state index contributed by atoms with van der Waals surface area (Å²) in [5, 5.41) is 0. The van der Waals surface area contributed by atoms with Crippen molar-refractivity contribution in [2.45, 2.75) is 77.0 Å². The van der Waals surface area contributed by atoms with E-state index in [1.807, 2.05) is 24.3 Å². The molecule has 316 valence electrons. The molecule has 12 heteroatoms. The molecule has 0 unspecified atom stereocenters. The summed E-state index contributed by atoms with van der Waals surface area (Å²) in [4.78, 5) is 26.0. The van der Waals surface area contributed by atoms with Gasteiger partial charge in [0.1, 0.15) is 13.2 Å². The van der Waals surface area contributed by atoms with Gasteiger partial charge in [-0.25, -0.2) is 4.79 Å². The molecule has 2 aromatic carbocycles. The number of ether oxygens (including phenoxy) is 9. The normalized spacial score (nSPS) is 12.1. The lowest BCUT2D eigenvalue weighted by atomic mass is 9.98. The van der Waals surface area contributed by atoms with E-state index in [0.29, 0.717) is 112 Å². The number of hydrogen-bond acceptors (Lipinski definition) is 11. The summed E-state index contributed by atoms with van der Waals surface area (Å²) in [5.74, 6) is -0.103. The van der Waals surface area contributed by atoms with Crippen molar-refractivity contribution in [3.05, 3.63) is 59.7 Å². The first-order valence-electron chi connectivity index (χ1n) is 20.9. The van der Waals surface area contributed by atoms with Crippen LogP contribution >= 0.6 is 0 Å². The number of esters is 1. The van der Waals surface area contributed by atoms with Crippen LogP contribution < -0.4 is 0 Å². The maximum atomic E-state index is 12.6. The van der Waals surface area contributed by atoms with Crippen LogP contribution in [0.3, 0.4) is 0 Å². The van der Waals surface area contributed by atoms with E-state index >= 15 is 0 Å². The Hall–Kier alpha value is -3.10. The number of amides is 1. The van der Waals surface area contributed by atoms with Crippen LogP contribution in [0.5, 0.6) is 0 Å². The van der Waals surface area contributed by atoms with Gasteiger partial charge in [-0.1, -0.05) is 107 Å². The molecular formula is C44H69NO11. The molecule has 56 heavy (non-hydrogen) atoms. The molecular weight excluding hydrogens is 718 g/mol. The lowest BCUT2D eigenvalue weighted by molar-refractivity contribution is -0.145. The summed E-state index contributed by atoms with van der Waals surface area (Å²) in [6, 6.07) is 16.6. The fourth-order valence-corrected chi connectivity index (χ4v) is 6.29. The molecule has 0 spiro atoms. The Labute approximate surface area is 335 Å². The van der Waals surface area contributed by atoms with Crippen LogP contribution in [0, 0.1) is 0 Å². The van der Waals surface area contributed by atoms with Gasteiger partial charge in [0.25, 0.3) is 0 Å². The molecule has 1 aliphatic rings. The van der Waals surface area contributed by atoms with Gasteiger partial charge in [-0.15, -0.1) is 0 Å². The minimum Gasteiger partial charge on any atom is -0.463 e. The Morgan fingerprint density at radius 1 is 0.500 bits per heavy atom. The van der Waals surface area contributed by atoms with Crippen molar-refractivity contribution in [2.75, 3.05) is 119 Å². The highest BCUT2D eigenvalue weighted by molar-refractivity contribution is 5.79. The van der Waals surface area contributed by atoms with Crippen molar-refractivity contribution >= 4 is 12.1 Å². The first-order chi connectivity index (χ1) is 27.6. The molecule has 0 aromatic heterocycles. The highest BCUT2D eigenvalue weighted by atomic mass is 16.6. The number of nitrogens with zero attached hydrogens (tertiary/aromatic N) is 1. The molecule has 1 aliphatic carbocycles. The Kier molecular flexibility index (Phi) is 27.0. The third-order valence-electron chi connectivity index (χ3n) is 9.43. The van der Waals surface area contributed by atoms with E-state index < -0.39 is 0 Å². The first-order valence-corrected chi connectivity index (χ1v) is 20.9. The first kappa shape index (κ1) is 47.3. The Morgan fingerprint density at radius 2 is 0.893 bits per heavy atom. The van der Waals surface area contributed by atoms with Gasteiger partial charge < -0.3 is 47.5 Å². The zero-order valence-corrected chi connectivity index (χ0v) is 34.2. The maximum Gasteiger partial charge on any atom is 0.409 e. The SMILES string of the molecule is CCCCCCCCCCCC(=O)OCCOCCOCCOCCOCCOCCOCCOCCN(C)C(=O)OCC1c2ccccc2-c2ccccc21. The van der Waals surface area contributed by atoms with Gasteiger partial charge in [-0.05, 0) is 28.7 Å². The molecule has 2 aromatic rings. The second kappa shape index (κ2) is 31.9.